The minimum atomic E-state index is -0.332. The van der Waals surface area contributed by atoms with Crippen LogP contribution in [-0.4, -0.2) is 20.5 Å². The zero-order chi connectivity index (χ0) is 17.2. The van der Waals surface area contributed by atoms with Gasteiger partial charge < -0.3 is 0 Å². The Kier molecular flexibility index (Phi) is 4.97. The molecule has 2 aliphatic carbocycles. The predicted molar refractivity (Wildman–Crippen MR) is 95.1 cm³/mol. The van der Waals surface area contributed by atoms with Crippen molar-refractivity contribution in [2.45, 2.75) is 63.8 Å². The SMILES string of the molecule is O=C(Cc1ncc(F)s1)[C@H](CC1CCCC1)n1cc(CC2CC2)cn1. The van der Waals surface area contributed by atoms with Gasteiger partial charge in [0, 0.05) is 6.20 Å². The molecule has 4 nitrogen and oxygen atoms in total. The number of ketones is 1. The standard InChI is InChI=1S/C19H24FN3OS/c20-18-11-21-19(25-18)9-17(24)16(8-13-3-1-2-4-13)23-12-15(10-22-23)7-14-5-6-14/h10-14,16H,1-9H2/t16-/m0/s1. The topological polar surface area (TPSA) is 47.8 Å². The van der Waals surface area contributed by atoms with Gasteiger partial charge in [0.1, 0.15) is 11.0 Å². The first-order valence-electron chi connectivity index (χ1n) is 9.33. The first-order valence-corrected chi connectivity index (χ1v) is 10.1. The van der Waals surface area contributed by atoms with Crippen LogP contribution in [-0.2, 0) is 17.6 Å². The maximum atomic E-state index is 13.2. The third-order valence-corrected chi connectivity index (χ3v) is 6.24. The third-order valence-electron chi connectivity index (χ3n) is 5.45. The second kappa shape index (κ2) is 7.36. The van der Waals surface area contributed by atoms with E-state index in [1.807, 2.05) is 10.9 Å². The van der Waals surface area contributed by atoms with Gasteiger partial charge in [0.25, 0.3) is 0 Å². The van der Waals surface area contributed by atoms with Crippen molar-refractivity contribution >= 4 is 17.1 Å². The van der Waals surface area contributed by atoms with Gasteiger partial charge in [0.2, 0.25) is 0 Å². The van der Waals surface area contributed by atoms with Crippen molar-refractivity contribution < 1.29 is 9.18 Å². The molecule has 2 aromatic rings. The predicted octanol–water partition coefficient (Wildman–Crippen LogP) is 4.36. The van der Waals surface area contributed by atoms with E-state index < -0.39 is 0 Å². The minimum Gasteiger partial charge on any atom is -0.297 e. The van der Waals surface area contributed by atoms with E-state index >= 15 is 0 Å². The summed E-state index contributed by atoms with van der Waals surface area (Å²) >= 11 is 0.965. The van der Waals surface area contributed by atoms with Crippen molar-refractivity contribution in [1.29, 1.82) is 0 Å². The number of hydrogen-bond donors (Lipinski definition) is 0. The zero-order valence-corrected chi connectivity index (χ0v) is 15.2. The molecule has 0 N–H and O–H groups in total. The molecule has 25 heavy (non-hydrogen) atoms. The molecular weight excluding hydrogens is 337 g/mol. The molecular formula is C19H24FN3OS. The second-order valence-electron chi connectivity index (χ2n) is 7.58. The molecule has 0 saturated heterocycles. The Morgan fingerprint density at radius 1 is 1.24 bits per heavy atom. The molecule has 0 bridgehead atoms. The summed E-state index contributed by atoms with van der Waals surface area (Å²) < 4.78 is 15.1. The number of carbonyl (C=O) groups excluding carboxylic acids is 1. The lowest BCUT2D eigenvalue weighted by Gasteiger charge is -2.20. The first kappa shape index (κ1) is 16.9. The Bertz CT molecular complexity index is 731. The maximum Gasteiger partial charge on any atom is 0.196 e. The average Bonchev–Trinajstić information content (AvgIpc) is 2.97. The highest BCUT2D eigenvalue weighted by molar-refractivity contribution is 7.10. The number of halogens is 1. The van der Waals surface area contributed by atoms with Crippen LogP contribution >= 0.6 is 11.3 Å². The van der Waals surface area contributed by atoms with E-state index in [4.69, 9.17) is 0 Å². The summed E-state index contributed by atoms with van der Waals surface area (Å²) in [4.78, 5) is 16.9. The number of hydrogen-bond acceptors (Lipinski definition) is 4. The number of aromatic nitrogens is 3. The molecule has 1 atom stereocenters. The van der Waals surface area contributed by atoms with Crippen LogP contribution in [0, 0.1) is 17.0 Å². The van der Waals surface area contributed by atoms with Crippen LogP contribution in [0.5, 0.6) is 0 Å². The normalized spacial score (nSPS) is 19.4. The lowest BCUT2D eigenvalue weighted by molar-refractivity contribution is -0.122. The van der Waals surface area contributed by atoms with Gasteiger partial charge in [-0.15, -0.1) is 0 Å². The van der Waals surface area contributed by atoms with Crippen LogP contribution < -0.4 is 0 Å². The van der Waals surface area contributed by atoms with E-state index in [-0.39, 0.29) is 23.4 Å². The Labute approximate surface area is 151 Å². The van der Waals surface area contributed by atoms with E-state index in [2.05, 4.69) is 16.3 Å². The van der Waals surface area contributed by atoms with Crippen LogP contribution in [0.2, 0.25) is 0 Å². The maximum absolute atomic E-state index is 13.2. The van der Waals surface area contributed by atoms with Gasteiger partial charge in [-0.25, -0.2) is 4.98 Å². The number of Topliss-reactive ketones (excluding diaryl/α,β-unsaturated/α-hetero) is 1. The molecule has 6 heteroatoms. The van der Waals surface area contributed by atoms with Crippen LogP contribution in [0.3, 0.4) is 0 Å². The summed E-state index contributed by atoms with van der Waals surface area (Å²) in [5.74, 6) is 1.50. The summed E-state index contributed by atoms with van der Waals surface area (Å²) in [6, 6.07) is -0.247. The third kappa shape index (κ3) is 4.35. The largest absolute Gasteiger partial charge is 0.297 e. The molecule has 0 amide bonds. The molecule has 134 valence electrons. The molecule has 0 unspecified atom stereocenters. The zero-order valence-electron chi connectivity index (χ0n) is 14.4. The fraction of sp³-hybridized carbons (Fsp3) is 0.632. The molecule has 2 aromatic heterocycles. The summed E-state index contributed by atoms with van der Waals surface area (Å²) in [6.45, 7) is 0. The quantitative estimate of drug-likeness (QED) is 0.702. The van der Waals surface area contributed by atoms with Gasteiger partial charge in [-0.05, 0) is 43.1 Å². The van der Waals surface area contributed by atoms with Crippen molar-refractivity contribution in [1.82, 2.24) is 14.8 Å². The van der Waals surface area contributed by atoms with Crippen LogP contribution in [0.1, 0.15) is 61.6 Å². The van der Waals surface area contributed by atoms with Gasteiger partial charge in [-0.2, -0.15) is 9.49 Å². The van der Waals surface area contributed by atoms with Gasteiger partial charge in [-0.3, -0.25) is 9.48 Å². The fourth-order valence-electron chi connectivity index (χ4n) is 3.89. The highest BCUT2D eigenvalue weighted by Crippen LogP contribution is 2.34. The fourth-order valence-corrected chi connectivity index (χ4v) is 4.54. The molecule has 2 fully saturated rings. The van der Waals surface area contributed by atoms with Gasteiger partial charge in [0.15, 0.2) is 10.9 Å². The Hall–Kier alpha value is -1.56. The Morgan fingerprint density at radius 3 is 2.72 bits per heavy atom. The lowest BCUT2D eigenvalue weighted by Crippen LogP contribution is -2.24. The van der Waals surface area contributed by atoms with Gasteiger partial charge in [0.05, 0.1) is 18.8 Å². The minimum absolute atomic E-state index is 0.0994. The Balaban J connectivity index is 1.49. The molecule has 4 rings (SSSR count). The highest BCUT2D eigenvalue weighted by Gasteiger charge is 2.29. The van der Waals surface area contributed by atoms with Crippen LogP contribution in [0.15, 0.2) is 18.6 Å². The van der Waals surface area contributed by atoms with E-state index in [1.54, 1.807) is 0 Å². The van der Waals surface area contributed by atoms with Crippen molar-refractivity contribution in [3.05, 3.63) is 34.3 Å². The second-order valence-corrected chi connectivity index (χ2v) is 8.64. The molecule has 0 aliphatic heterocycles. The first-order chi connectivity index (χ1) is 12.2. The number of rotatable bonds is 8. The van der Waals surface area contributed by atoms with Crippen molar-refractivity contribution in [2.24, 2.45) is 11.8 Å². The average molecular weight is 361 g/mol. The number of nitrogens with zero attached hydrogens (tertiary/aromatic N) is 3. The molecule has 2 saturated carbocycles. The molecule has 0 radical (unpaired) electrons. The van der Waals surface area contributed by atoms with Crippen LogP contribution in [0.25, 0.3) is 0 Å². The number of carbonyl (C=O) groups is 1. The summed E-state index contributed by atoms with van der Waals surface area (Å²) in [6.07, 6.45) is 14.8. The molecule has 2 aliphatic rings. The van der Waals surface area contributed by atoms with Crippen molar-refractivity contribution in [3.63, 3.8) is 0 Å². The van der Waals surface area contributed by atoms with E-state index in [0.29, 0.717) is 10.9 Å². The molecule has 0 spiro atoms. The van der Waals surface area contributed by atoms with E-state index in [0.717, 1.165) is 30.1 Å². The van der Waals surface area contributed by atoms with Crippen molar-refractivity contribution in [2.75, 3.05) is 0 Å². The van der Waals surface area contributed by atoms with Gasteiger partial charge >= 0.3 is 0 Å². The van der Waals surface area contributed by atoms with Crippen molar-refractivity contribution in [3.8, 4) is 0 Å². The monoisotopic (exact) mass is 361 g/mol. The molecule has 0 aromatic carbocycles. The smallest absolute Gasteiger partial charge is 0.196 e. The number of thiazole rings is 1. The Morgan fingerprint density at radius 2 is 2.04 bits per heavy atom. The highest BCUT2D eigenvalue weighted by atomic mass is 32.1. The summed E-state index contributed by atoms with van der Waals surface area (Å²) in [5.41, 5.74) is 1.23. The van der Waals surface area contributed by atoms with E-state index in [1.165, 1.54) is 50.3 Å². The van der Waals surface area contributed by atoms with Gasteiger partial charge in [-0.1, -0.05) is 37.0 Å². The molecule has 2 heterocycles. The summed E-state index contributed by atoms with van der Waals surface area (Å²) in [5, 5.41) is 4.74. The summed E-state index contributed by atoms with van der Waals surface area (Å²) in [7, 11) is 0. The van der Waals surface area contributed by atoms with E-state index in [9.17, 15) is 9.18 Å². The van der Waals surface area contributed by atoms with Crippen LogP contribution in [0.4, 0.5) is 4.39 Å². The lowest BCUT2D eigenvalue weighted by atomic mass is 9.95.